The quantitative estimate of drug-likeness (QED) is 0.134. The molecule has 40 heavy (non-hydrogen) atoms. The lowest BCUT2D eigenvalue weighted by molar-refractivity contribution is -0.123. The van der Waals surface area contributed by atoms with E-state index in [0.717, 1.165) is 30.3 Å². The molecular formula is C31H33F3N4O2. The lowest BCUT2D eigenvalue weighted by Crippen LogP contribution is -2.23. The monoisotopic (exact) mass is 550 g/mol. The summed E-state index contributed by atoms with van der Waals surface area (Å²) in [7, 11) is 1.63. The first-order valence-corrected chi connectivity index (χ1v) is 13.3. The van der Waals surface area contributed by atoms with Crippen LogP contribution in [0.2, 0.25) is 0 Å². The summed E-state index contributed by atoms with van der Waals surface area (Å²) >= 11 is 0. The van der Waals surface area contributed by atoms with Crippen LogP contribution in [-0.2, 0) is 4.79 Å². The van der Waals surface area contributed by atoms with Gasteiger partial charge in [0.25, 0.3) is 0 Å². The van der Waals surface area contributed by atoms with Gasteiger partial charge < -0.3 is 20.4 Å². The van der Waals surface area contributed by atoms with Crippen LogP contribution < -0.4 is 15.4 Å². The van der Waals surface area contributed by atoms with E-state index in [1.165, 1.54) is 0 Å². The number of benzene rings is 2. The van der Waals surface area contributed by atoms with Gasteiger partial charge in [-0.1, -0.05) is 36.4 Å². The van der Waals surface area contributed by atoms with E-state index in [0.29, 0.717) is 47.7 Å². The molecule has 0 bridgehead atoms. The van der Waals surface area contributed by atoms with E-state index in [1.54, 1.807) is 61.9 Å². The second-order valence-electron chi connectivity index (χ2n) is 9.41. The Bertz CT molecular complexity index is 1410. The average Bonchev–Trinajstić information content (AvgIpc) is 3.43. The average molecular weight is 551 g/mol. The van der Waals surface area contributed by atoms with Crippen molar-refractivity contribution in [2.24, 2.45) is 0 Å². The Morgan fingerprint density at radius 1 is 0.950 bits per heavy atom. The molecule has 0 aliphatic heterocycles. The van der Waals surface area contributed by atoms with Crippen molar-refractivity contribution < 1.29 is 22.7 Å². The Morgan fingerprint density at radius 3 is 2.48 bits per heavy atom. The van der Waals surface area contributed by atoms with Crippen LogP contribution in [0, 0.1) is 0 Å². The first-order chi connectivity index (χ1) is 19.3. The molecule has 0 spiro atoms. The Kier molecular flexibility index (Phi) is 9.96. The van der Waals surface area contributed by atoms with Gasteiger partial charge in [0.2, 0.25) is 11.8 Å². The number of alkyl halides is 3. The SMILES string of the molecule is CNC(=O)CCCCNCCOc1ccc(C(=C(CC(F)(F)F)c2ccccc2)c2ccc3[nH]ccc3c2)cn1. The molecule has 0 atom stereocenters. The van der Waals surface area contributed by atoms with Crippen molar-refractivity contribution in [1.29, 1.82) is 0 Å². The predicted molar refractivity (Wildman–Crippen MR) is 152 cm³/mol. The van der Waals surface area contributed by atoms with Gasteiger partial charge in [0.15, 0.2) is 0 Å². The van der Waals surface area contributed by atoms with E-state index in [-0.39, 0.29) is 11.5 Å². The van der Waals surface area contributed by atoms with Crippen molar-refractivity contribution >= 4 is 28.0 Å². The highest BCUT2D eigenvalue weighted by Gasteiger charge is 2.31. The molecule has 0 saturated carbocycles. The van der Waals surface area contributed by atoms with Gasteiger partial charge in [-0.25, -0.2) is 4.98 Å². The summed E-state index contributed by atoms with van der Waals surface area (Å²) in [4.78, 5) is 18.8. The Morgan fingerprint density at radius 2 is 1.75 bits per heavy atom. The second-order valence-corrected chi connectivity index (χ2v) is 9.41. The number of nitrogens with one attached hydrogen (secondary N) is 3. The number of H-pyrrole nitrogens is 1. The number of fused-ring (bicyclic) bond motifs is 1. The third kappa shape index (κ3) is 8.19. The first-order valence-electron chi connectivity index (χ1n) is 13.3. The normalized spacial score (nSPS) is 12.3. The van der Waals surface area contributed by atoms with E-state index in [2.05, 4.69) is 20.6 Å². The van der Waals surface area contributed by atoms with Crippen LogP contribution in [0.5, 0.6) is 5.88 Å². The number of rotatable bonds is 13. The Balaban J connectivity index is 1.54. The number of aromatic amines is 1. The minimum absolute atomic E-state index is 0.0372. The molecule has 4 aromatic rings. The van der Waals surface area contributed by atoms with Crippen LogP contribution in [0.3, 0.4) is 0 Å². The third-order valence-electron chi connectivity index (χ3n) is 6.48. The summed E-state index contributed by atoms with van der Waals surface area (Å²) < 4.78 is 47.4. The molecule has 2 aromatic carbocycles. The van der Waals surface area contributed by atoms with E-state index in [9.17, 15) is 18.0 Å². The Hall–Kier alpha value is -4.11. The molecule has 0 aliphatic rings. The maximum atomic E-state index is 13.9. The van der Waals surface area contributed by atoms with Crippen LogP contribution in [0.4, 0.5) is 13.2 Å². The number of pyridine rings is 1. The van der Waals surface area contributed by atoms with Crippen LogP contribution in [-0.4, -0.2) is 48.8 Å². The minimum Gasteiger partial charge on any atom is -0.476 e. The number of nitrogens with zero attached hydrogens (tertiary/aromatic N) is 1. The zero-order chi connectivity index (χ0) is 28.4. The molecule has 9 heteroatoms. The number of hydrogen-bond acceptors (Lipinski definition) is 4. The fourth-order valence-electron chi connectivity index (χ4n) is 4.53. The van der Waals surface area contributed by atoms with Crippen LogP contribution in [0.1, 0.15) is 42.4 Å². The van der Waals surface area contributed by atoms with Crippen molar-refractivity contribution in [3.05, 3.63) is 95.8 Å². The van der Waals surface area contributed by atoms with E-state index in [1.807, 2.05) is 24.3 Å². The van der Waals surface area contributed by atoms with Gasteiger partial charge in [-0.2, -0.15) is 13.2 Å². The lowest BCUT2D eigenvalue weighted by Gasteiger charge is -2.19. The molecule has 1 amide bonds. The molecule has 6 nitrogen and oxygen atoms in total. The lowest BCUT2D eigenvalue weighted by atomic mass is 9.88. The van der Waals surface area contributed by atoms with Gasteiger partial charge in [-0.05, 0) is 71.3 Å². The van der Waals surface area contributed by atoms with Gasteiger partial charge >= 0.3 is 6.18 Å². The number of hydrogen-bond donors (Lipinski definition) is 3. The number of aromatic nitrogens is 2. The number of ether oxygens (including phenoxy) is 1. The summed E-state index contributed by atoms with van der Waals surface area (Å²) in [6.45, 7) is 1.76. The van der Waals surface area contributed by atoms with Crippen molar-refractivity contribution in [3.8, 4) is 5.88 Å². The maximum Gasteiger partial charge on any atom is 0.393 e. The fraction of sp³-hybridized carbons (Fsp3) is 0.290. The summed E-state index contributed by atoms with van der Waals surface area (Å²) in [5.41, 5.74) is 3.31. The molecule has 2 aromatic heterocycles. The summed E-state index contributed by atoms with van der Waals surface area (Å²) in [6, 6.07) is 19.6. The third-order valence-corrected chi connectivity index (χ3v) is 6.48. The molecule has 4 rings (SSSR count). The van der Waals surface area contributed by atoms with Crippen LogP contribution in [0.25, 0.3) is 22.0 Å². The van der Waals surface area contributed by atoms with Gasteiger partial charge in [0.1, 0.15) is 6.61 Å². The maximum absolute atomic E-state index is 13.9. The zero-order valence-corrected chi connectivity index (χ0v) is 22.4. The number of allylic oxidation sites excluding steroid dienone is 1. The fourth-order valence-corrected chi connectivity index (χ4v) is 4.53. The van der Waals surface area contributed by atoms with Crippen LogP contribution >= 0.6 is 0 Å². The molecule has 0 aliphatic carbocycles. The van der Waals surface area contributed by atoms with Gasteiger partial charge in [0.05, 0.1) is 6.42 Å². The van der Waals surface area contributed by atoms with Gasteiger partial charge in [-0.3, -0.25) is 4.79 Å². The largest absolute Gasteiger partial charge is 0.476 e. The summed E-state index contributed by atoms with van der Waals surface area (Å²) in [5.74, 6) is 0.429. The summed E-state index contributed by atoms with van der Waals surface area (Å²) in [6.07, 6.45) is 0.0888. The molecule has 0 unspecified atom stereocenters. The number of unbranched alkanes of at least 4 members (excludes halogenated alkanes) is 1. The predicted octanol–water partition coefficient (Wildman–Crippen LogP) is 6.36. The zero-order valence-electron chi connectivity index (χ0n) is 22.4. The van der Waals surface area contributed by atoms with Crippen LogP contribution in [0.15, 0.2) is 79.1 Å². The standard InChI is InChI=1S/C31H33F3N4O2/c1-35-28(39)9-5-6-15-36-17-18-40-29-13-11-25(21-38-29)30(24-10-12-27-23(19-24)14-16-37-27)26(20-31(32,33)34)22-7-3-2-4-8-22/h2-4,7-8,10-14,16,19,21,36-37H,5-6,9,15,17-18,20H2,1H3,(H,35,39). The van der Waals surface area contributed by atoms with E-state index >= 15 is 0 Å². The van der Waals surface area contributed by atoms with Crippen molar-refractivity contribution in [1.82, 2.24) is 20.6 Å². The minimum atomic E-state index is -4.40. The van der Waals surface area contributed by atoms with E-state index in [4.69, 9.17) is 4.74 Å². The molecule has 210 valence electrons. The smallest absolute Gasteiger partial charge is 0.393 e. The van der Waals surface area contributed by atoms with Crippen molar-refractivity contribution in [2.45, 2.75) is 31.9 Å². The number of carbonyl (C=O) groups is 1. The highest BCUT2D eigenvalue weighted by molar-refractivity contribution is 6.00. The second kappa shape index (κ2) is 13.8. The highest BCUT2D eigenvalue weighted by atomic mass is 19.4. The topological polar surface area (TPSA) is 79.0 Å². The van der Waals surface area contributed by atoms with Crippen molar-refractivity contribution in [3.63, 3.8) is 0 Å². The highest BCUT2D eigenvalue weighted by Crippen LogP contribution is 2.40. The van der Waals surface area contributed by atoms with Gasteiger partial charge in [0, 0.05) is 49.6 Å². The molecule has 0 saturated heterocycles. The molecular weight excluding hydrogens is 517 g/mol. The van der Waals surface area contributed by atoms with E-state index < -0.39 is 12.6 Å². The summed E-state index contributed by atoms with van der Waals surface area (Å²) in [5, 5.41) is 6.77. The first kappa shape index (κ1) is 28.9. The van der Waals surface area contributed by atoms with Gasteiger partial charge in [-0.15, -0.1) is 0 Å². The van der Waals surface area contributed by atoms with Crippen molar-refractivity contribution in [2.75, 3.05) is 26.7 Å². The molecule has 0 radical (unpaired) electrons. The number of carbonyl (C=O) groups excluding carboxylic acids is 1. The molecule has 0 fully saturated rings. The molecule has 3 N–H and O–H groups in total. The molecule has 2 heterocycles. The number of amides is 1. The Labute approximate surface area is 231 Å². The number of halogens is 3.